The maximum atomic E-state index is 12.1. The van der Waals surface area contributed by atoms with Crippen LogP contribution in [0.15, 0.2) is 42.1 Å². The molecule has 0 fully saturated rings. The summed E-state index contributed by atoms with van der Waals surface area (Å²) in [5, 5.41) is 10.7. The molecule has 1 aromatic carbocycles. The first kappa shape index (κ1) is 21.7. The van der Waals surface area contributed by atoms with Gasteiger partial charge in [-0.1, -0.05) is 62.9 Å². The molecule has 0 bridgehead atoms. The highest BCUT2D eigenvalue weighted by Crippen LogP contribution is 2.29. The average Bonchev–Trinajstić information content (AvgIpc) is 3.03. The number of imide groups is 1. The van der Waals surface area contributed by atoms with E-state index in [9.17, 15) is 9.59 Å². The van der Waals surface area contributed by atoms with Crippen molar-refractivity contribution in [2.75, 3.05) is 7.11 Å². The van der Waals surface area contributed by atoms with Crippen LogP contribution in [0.1, 0.15) is 33.3 Å². The van der Waals surface area contributed by atoms with Gasteiger partial charge >= 0.3 is 6.09 Å². The Morgan fingerprint density at radius 3 is 2.46 bits per heavy atom. The third-order valence-corrected chi connectivity index (χ3v) is 5.18. The van der Waals surface area contributed by atoms with E-state index in [2.05, 4.69) is 59.7 Å². The minimum Gasteiger partial charge on any atom is -0.453 e. The number of nitrogens with one attached hydrogen (secondary N) is 1. The standard InChI is InChI=1S/C20H26N4O3S/c1-7-12-24-16(14-8-10-15(11-9-14)20(3,4)5)22-23-18(24)28-13(2)17(25)21-19(26)27-6/h7-11,13H,1,12H2,2-6H3,(H,21,25,26)/t13-/m1/s1. The smallest absolute Gasteiger partial charge is 0.413 e. The Morgan fingerprint density at radius 1 is 1.29 bits per heavy atom. The molecule has 2 rings (SSSR count). The number of nitrogens with zero attached hydrogens (tertiary/aromatic N) is 3. The highest BCUT2D eigenvalue weighted by atomic mass is 32.2. The quantitative estimate of drug-likeness (QED) is 0.584. The Labute approximate surface area is 169 Å². The molecule has 0 saturated carbocycles. The molecule has 7 nitrogen and oxygen atoms in total. The molecule has 0 aliphatic heterocycles. The summed E-state index contributed by atoms with van der Waals surface area (Å²) in [4.78, 5) is 23.3. The molecule has 2 aromatic rings. The molecule has 1 aromatic heterocycles. The summed E-state index contributed by atoms with van der Waals surface area (Å²) in [5.41, 5.74) is 2.23. The summed E-state index contributed by atoms with van der Waals surface area (Å²) in [6, 6.07) is 8.21. The van der Waals surface area contributed by atoms with Crippen molar-refractivity contribution in [3.8, 4) is 11.4 Å². The van der Waals surface area contributed by atoms with Gasteiger partial charge in [0.25, 0.3) is 0 Å². The number of benzene rings is 1. The van der Waals surface area contributed by atoms with Gasteiger partial charge in [0.1, 0.15) is 0 Å². The molecule has 8 heteroatoms. The van der Waals surface area contributed by atoms with Gasteiger partial charge in [0.15, 0.2) is 11.0 Å². The van der Waals surface area contributed by atoms with Crippen LogP contribution >= 0.6 is 11.8 Å². The number of carbonyl (C=O) groups is 2. The monoisotopic (exact) mass is 402 g/mol. The molecule has 1 atom stereocenters. The predicted molar refractivity (Wildman–Crippen MR) is 110 cm³/mol. The lowest BCUT2D eigenvalue weighted by atomic mass is 9.87. The number of thioether (sulfide) groups is 1. The average molecular weight is 403 g/mol. The summed E-state index contributed by atoms with van der Waals surface area (Å²) >= 11 is 1.22. The summed E-state index contributed by atoms with van der Waals surface area (Å²) < 4.78 is 6.35. The van der Waals surface area contributed by atoms with Gasteiger partial charge in [-0.15, -0.1) is 16.8 Å². The van der Waals surface area contributed by atoms with Gasteiger partial charge < -0.3 is 4.74 Å². The van der Waals surface area contributed by atoms with Gasteiger partial charge in [0.2, 0.25) is 5.91 Å². The molecular weight excluding hydrogens is 376 g/mol. The van der Waals surface area contributed by atoms with Gasteiger partial charge in [0, 0.05) is 12.1 Å². The Bertz CT molecular complexity index is 853. The minimum absolute atomic E-state index is 0.0662. The molecule has 2 amide bonds. The SMILES string of the molecule is C=CCn1c(S[C@H](C)C(=O)NC(=O)OC)nnc1-c1ccc(C(C)(C)C)cc1. The number of hydrogen-bond acceptors (Lipinski definition) is 6. The van der Waals surface area contributed by atoms with Crippen molar-refractivity contribution in [1.29, 1.82) is 0 Å². The van der Waals surface area contributed by atoms with Crippen molar-refractivity contribution in [1.82, 2.24) is 20.1 Å². The molecule has 0 unspecified atom stereocenters. The number of carbonyl (C=O) groups excluding carboxylic acids is 2. The lowest BCUT2D eigenvalue weighted by Gasteiger charge is -2.19. The van der Waals surface area contributed by atoms with Crippen molar-refractivity contribution in [2.45, 2.75) is 50.1 Å². The van der Waals surface area contributed by atoms with Gasteiger partial charge in [-0.3, -0.25) is 14.7 Å². The molecule has 150 valence electrons. The second-order valence-corrected chi connectivity index (χ2v) is 8.58. The van der Waals surface area contributed by atoms with Crippen molar-refractivity contribution in [3.05, 3.63) is 42.5 Å². The Morgan fingerprint density at radius 2 is 1.93 bits per heavy atom. The van der Waals surface area contributed by atoms with Gasteiger partial charge in [-0.25, -0.2) is 4.79 Å². The Kier molecular flexibility index (Phi) is 7.01. The summed E-state index contributed by atoms with van der Waals surface area (Å²) in [6.45, 7) is 12.5. The van der Waals surface area contributed by atoms with E-state index in [0.717, 1.165) is 5.56 Å². The van der Waals surface area contributed by atoms with E-state index in [4.69, 9.17) is 0 Å². The summed E-state index contributed by atoms with van der Waals surface area (Å²) in [6.07, 6.45) is 0.962. The first-order valence-corrected chi connectivity index (χ1v) is 9.75. The number of rotatable bonds is 6. The van der Waals surface area contributed by atoms with Gasteiger partial charge in [-0.05, 0) is 17.9 Å². The van der Waals surface area contributed by atoms with Crippen molar-refractivity contribution < 1.29 is 14.3 Å². The first-order chi connectivity index (χ1) is 13.2. The zero-order valence-corrected chi connectivity index (χ0v) is 17.7. The maximum absolute atomic E-state index is 12.1. The van der Waals surface area contributed by atoms with Crippen LogP contribution in [-0.2, 0) is 21.5 Å². The highest BCUT2D eigenvalue weighted by Gasteiger charge is 2.22. The fourth-order valence-corrected chi connectivity index (χ4v) is 3.33. The molecule has 0 saturated heterocycles. The van der Waals surface area contributed by atoms with Crippen LogP contribution in [0.3, 0.4) is 0 Å². The largest absolute Gasteiger partial charge is 0.453 e. The number of allylic oxidation sites excluding steroid dienone is 1. The lowest BCUT2D eigenvalue weighted by molar-refractivity contribution is -0.119. The van der Waals surface area contributed by atoms with Crippen molar-refractivity contribution in [2.24, 2.45) is 0 Å². The number of methoxy groups -OCH3 is 1. The molecule has 0 aliphatic carbocycles. The number of aromatic nitrogens is 3. The third kappa shape index (κ3) is 5.22. The molecule has 0 spiro atoms. The highest BCUT2D eigenvalue weighted by molar-refractivity contribution is 8.00. The van der Waals surface area contributed by atoms with E-state index in [1.807, 2.05) is 16.7 Å². The van der Waals surface area contributed by atoms with Gasteiger partial charge in [-0.2, -0.15) is 0 Å². The van der Waals surface area contributed by atoms with Crippen LogP contribution in [0.25, 0.3) is 11.4 Å². The molecule has 0 aliphatic rings. The second kappa shape index (κ2) is 9.05. The summed E-state index contributed by atoms with van der Waals surface area (Å²) in [7, 11) is 1.21. The van der Waals surface area contributed by atoms with Crippen LogP contribution in [0.5, 0.6) is 0 Å². The zero-order chi connectivity index (χ0) is 20.9. The van der Waals surface area contributed by atoms with E-state index in [1.165, 1.54) is 24.4 Å². The Balaban J connectivity index is 2.27. The molecule has 1 N–H and O–H groups in total. The molecule has 1 heterocycles. The third-order valence-electron chi connectivity index (χ3n) is 4.10. The fraction of sp³-hybridized carbons (Fsp3) is 0.400. The number of hydrogen-bond donors (Lipinski definition) is 1. The van der Waals surface area contributed by atoms with Crippen LogP contribution in [-0.4, -0.2) is 39.1 Å². The van der Waals surface area contributed by atoms with Gasteiger partial charge in [0.05, 0.1) is 12.4 Å². The summed E-state index contributed by atoms with van der Waals surface area (Å²) in [5.74, 6) is 0.240. The van der Waals surface area contributed by atoms with E-state index >= 15 is 0 Å². The normalized spacial score (nSPS) is 12.3. The molecule has 0 radical (unpaired) electrons. The maximum Gasteiger partial charge on any atom is 0.413 e. The number of alkyl carbamates (subject to hydrolysis) is 1. The van der Waals surface area contributed by atoms with Crippen LogP contribution in [0.4, 0.5) is 4.79 Å². The lowest BCUT2D eigenvalue weighted by Crippen LogP contribution is -2.36. The van der Waals surface area contributed by atoms with E-state index in [-0.39, 0.29) is 5.41 Å². The fourth-order valence-electron chi connectivity index (χ4n) is 2.47. The van der Waals surface area contributed by atoms with E-state index in [0.29, 0.717) is 17.5 Å². The van der Waals surface area contributed by atoms with E-state index in [1.54, 1.807) is 13.0 Å². The topological polar surface area (TPSA) is 86.1 Å². The second-order valence-electron chi connectivity index (χ2n) is 7.27. The first-order valence-electron chi connectivity index (χ1n) is 8.87. The van der Waals surface area contributed by atoms with Crippen molar-refractivity contribution >= 4 is 23.8 Å². The molecular formula is C20H26N4O3S. The van der Waals surface area contributed by atoms with Crippen LogP contribution in [0.2, 0.25) is 0 Å². The predicted octanol–water partition coefficient (Wildman–Crippen LogP) is 3.79. The minimum atomic E-state index is -0.787. The number of amides is 2. The van der Waals surface area contributed by atoms with Crippen molar-refractivity contribution in [3.63, 3.8) is 0 Å². The Hall–Kier alpha value is -2.61. The zero-order valence-electron chi connectivity index (χ0n) is 16.9. The molecule has 28 heavy (non-hydrogen) atoms. The van der Waals surface area contributed by atoms with E-state index < -0.39 is 17.3 Å². The number of ether oxygens (including phenoxy) is 1. The van der Waals surface area contributed by atoms with Crippen LogP contribution < -0.4 is 5.32 Å². The van der Waals surface area contributed by atoms with Crippen LogP contribution in [0, 0.1) is 0 Å².